The zero-order valence-corrected chi connectivity index (χ0v) is 10.4. The molecule has 3 nitrogen and oxygen atoms in total. The van der Waals surface area contributed by atoms with E-state index in [-0.39, 0.29) is 5.54 Å². The first-order chi connectivity index (χ1) is 7.60. The molecule has 0 saturated carbocycles. The van der Waals surface area contributed by atoms with Gasteiger partial charge in [-0.2, -0.15) is 0 Å². The van der Waals surface area contributed by atoms with E-state index in [0.717, 1.165) is 25.3 Å². The molecule has 1 rings (SSSR count). The van der Waals surface area contributed by atoms with Crippen LogP contribution in [0.2, 0.25) is 0 Å². The molecule has 0 fully saturated rings. The summed E-state index contributed by atoms with van der Waals surface area (Å²) in [7, 11) is 1.69. The maximum absolute atomic E-state index is 5.48. The van der Waals surface area contributed by atoms with Crippen LogP contribution >= 0.6 is 0 Å². The van der Waals surface area contributed by atoms with Crippen LogP contribution in [0.4, 0.5) is 0 Å². The van der Waals surface area contributed by atoms with Gasteiger partial charge in [0.2, 0.25) is 0 Å². The molecule has 1 aromatic rings. The van der Waals surface area contributed by atoms with Crippen LogP contribution < -0.4 is 15.8 Å². The van der Waals surface area contributed by atoms with Crippen molar-refractivity contribution in [1.82, 2.24) is 5.32 Å². The molecule has 16 heavy (non-hydrogen) atoms. The molecule has 0 radical (unpaired) electrons. The van der Waals surface area contributed by atoms with Crippen LogP contribution in [0.5, 0.6) is 5.75 Å². The van der Waals surface area contributed by atoms with E-state index < -0.39 is 0 Å². The molecule has 0 heterocycles. The Kier molecular flexibility index (Phi) is 4.77. The van der Waals surface area contributed by atoms with Gasteiger partial charge < -0.3 is 15.8 Å². The lowest BCUT2D eigenvalue weighted by Crippen LogP contribution is -2.37. The summed E-state index contributed by atoms with van der Waals surface area (Å²) in [5.41, 5.74) is 6.66. The maximum atomic E-state index is 5.48. The molecule has 0 aliphatic carbocycles. The van der Waals surface area contributed by atoms with Crippen LogP contribution in [-0.2, 0) is 5.54 Å². The quantitative estimate of drug-likeness (QED) is 0.722. The van der Waals surface area contributed by atoms with Crippen LogP contribution in [0.15, 0.2) is 24.3 Å². The molecule has 0 aliphatic heterocycles. The predicted octanol–water partition coefficient (Wildman–Crippen LogP) is 1.87. The number of benzene rings is 1. The molecule has 0 unspecified atom stereocenters. The minimum absolute atomic E-state index is 0.0519. The highest BCUT2D eigenvalue weighted by atomic mass is 16.5. The lowest BCUT2D eigenvalue weighted by atomic mass is 9.94. The van der Waals surface area contributed by atoms with Crippen molar-refractivity contribution < 1.29 is 4.74 Å². The fourth-order valence-corrected chi connectivity index (χ4v) is 1.62. The molecular formula is C13H22N2O. The zero-order valence-electron chi connectivity index (χ0n) is 10.4. The van der Waals surface area contributed by atoms with Crippen molar-refractivity contribution in [3.05, 3.63) is 29.8 Å². The second kappa shape index (κ2) is 5.87. The summed E-state index contributed by atoms with van der Waals surface area (Å²) in [6.07, 6.45) is 0.993. The molecule has 0 bridgehead atoms. The Hall–Kier alpha value is -1.06. The smallest absolute Gasteiger partial charge is 0.119 e. The molecule has 0 atom stereocenters. The van der Waals surface area contributed by atoms with Gasteiger partial charge in [0.15, 0.2) is 0 Å². The molecule has 1 aromatic carbocycles. The standard InChI is InChI=1S/C13H22N2O/c1-13(2,15-9-5-8-14)11-6-4-7-12(10-11)16-3/h4,6-7,10,15H,5,8-9,14H2,1-3H3. The highest BCUT2D eigenvalue weighted by Crippen LogP contribution is 2.23. The molecule has 3 heteroatoms. The van der Waals surface area contributed by atoms with Gasteiger partial charge in [-0.1, -0.05) is 12.1 Å². The van der Waals surface area contributed by atoms with Crippen LogP contribution in [-0.4, -0.2) is 20.2 Å². The van der Waals surface area contributed by atoms with Crippen molar-refractivity contribution in [2.75, 3.05) is 20.2 Å². The van der Waals surface area contributed by atoms with Gasteiger partial charge in [-0.3, -0.25) is 0 Å². The highest BCUT2D eigenvalue weighted by Gasteiger charge is 2.19. The van der Waals surface area contributed by atoms with E-state index in [9.17, 15) is 0 Å². The predicted molar refractivity (Wildman–Crippen MR) is 67.7 cm³/mol. The van der Waals surface area contributed by atoms with Crippen molar-refractivity contribution in [3.8, 4) is 5.75 Å². The number of nitrogens with two attached hydrogens (primary N) is 1. The zero-order chi connectivity index (χ0) is 12.0. The summed E-state index contributed by atoms with van der Waals surface area (Å²) in [4.78, 5) is 0. The average molecular weight is 222 g/mol. The summed E-state index contributed by atoms with van der Waals surface area (Å²) in [5, 5.41) is 3.49. The van der Waals surface area contributed by atoms with E-state index in [2.05, 4.69) is 31.3 Å². The van der Waals surface area contributed by atoms with Gasteiger partial charge in [0, 0.05) is 5.54 Å². The van der Waals surface area contributed by atoms with Crippen molar-refractivity contribution in [1.29, 1.82) is 0 Å². The first-order valence-corrected chi connectivity index (χ1v) is 5.70. The number of nitrogens with one attached hydrogen (secondary N) is 1. The van der Waals surface area contributed by atoms with Crippen LogP contribution in [0, 0.1) is 0 Å². The van der Waals surface area contributed by atoms with Crippen LogP contribution in [0.1, 0.15) is 25.8 Å². The summed E-state index contributed by atoms with van der Waals surface area (Å²) in [6, 6.07) is 8.15. The summed E-state index contributed by atoms with van der Waals surface area (Å²) >= 11 is 0. The van der Waals surface area contributed by atoms with Crippen LogP contribution in [0.25, 0.3) is 0 Å². The molecule has 0 aliphatic rings. The van der Waals surface area contributed by atoms with E-state index >= 15 is 0 Å². The van der Waals surface area contributed by atoms with Gasteiger partial charge in [-0.15, -0.1) is 0 Å². The third-order valence-electron chi connectivity index (χ3n) is 2.74. The molecule has 3 N–H and O–H groups in total. The Labute approximate surface area is 98.0 Å². The molecular weight excluding hydrogens is 200 g/mol. The van der Waals surface area contributed by atoms with E-state index in [1.165, 1.54) is 5.56 Å². The minimum atomic E-state index is -0.0519. The van der Waals surface area contributed by atoms with E-state index in [4.69, 9.17) is 10.5 Å². The number of ether oxygens (including phenoxy) is 1. The van der Waals surface area contributed by atoms with Crippen molar-refractivity contribution in [2.24, 2.45) is 5.73 Å². The Morgan fingerprint density at radius 3 is 2.75 bits per heavy atom. The Morgan fingerprint density at radius 1 is 1.38 bits per heavy atom. The largest absolute Gasteiger partial charge is 0.497 e. The van der Waals surface area contributed by atoms with Gasteiger partial charge >= 0.3 is 0 Å². The topological polar surface area (TPSA) is 47.3 Å². The second-order valence-corrected chi connectivity index (χ2v) is 4.43. The van der Waals surface area contributed by atoms with Crippen LogP contribution in [0.3, 0.4) is 0 Å². The Balaban J connectivity index is 2.72. The first-order valence-electron chi connectivity index (χ1n) is 5.70. The Bertz CT molecular complexity index is 323. The van der Waals surface area contributed by atoms with E-state index in [0.29, 0.717) is 0 Å². The second-order valence-electron chi connectivity index (χ2n) is 4.43. The minimum Gasteiger partial charge on any atom is -0.497 e. The van der Waals surface area contributed by atoms with E-state index in [1.54, 1.807) is 7.11 Å². The molecule has 0 aromatic heterocycles. The summed E-state index contributed by atoms with van der Waals surface area (Å²) < 4.78 is 5.23. The van der Waals surface area contributed by atoms with Gasteiger partial charge in [0.1, 0.15) is 5.75 Å². The monoisotopic (exact) mass is 222 g/mol. The molecule has 90 valence electrons. The first kappa shape index (κ1) is 13.0. The highest BCUT2D eigenvalue weighted by molar-refractivity contribution is 5.32. The lowest BCUT2D eigenvalue weighted by molar-refractivity contribution is 0.390. The van der Waals surface area contributed by atoms with Crippen molar-refractivity contribution >= 4 is 0 Å². The third kappa shape index (κ3) is 3.51. The van der Waals surface area contributed by atoms with Gasteiger partial charge in [0.25, 0.3) is 0 Å². The van der Waals surface area contributed by atoms with Gasteiger partial charge in [-0.25, -0.2) is 0 Å². The summed E-state index contributed by atoms with van der Waals surface area (Å²) in [6.45, 7) is 5.98. The lowest BCUT2D eigenvalue weighted by Gasteiger charge is -2.27. The van der Waals surface area contributed by atoms with Gasteiger partial charge in [-0.05, 0) is 51.1 Å². The van der Waals surface area contributed by atoms with Crippen molar-refractivity contribution in [2.45, 2.75) is 25.8 Å². The van der Waals surface area contributed by atoms with Gasteiger partial charge in [0.05, 0.1) is 7.11 Å². The maximum Gasteiger partial charge on any atom is 0.119 e. The average Bonchev–Trinajstić information content (AvgIpc) is 2.29. The number of methoxy groups -OCH3 is 1. The number of hydrogen-bond acceptors (Lipinski definition) is 3. The fourth-order valence-electron chi connectivity index (χ4n) is 1.62. The third-order valence-corrected chi connectivity index (χ3v) is 2.74. The Morgan fingerprint density at radius 2 is 2.12 bits per heavy atom. The number of hydrogen-bond donors (Lipinski definition) is 2. The normalized spacial score (nSPS) is 11.5. The summed E-state index contributed by atoms with van der Waals surface area (Å²) in [5.74, 6) is 0.895. The molecule has 0 amide bonds. The van der Waals surface area contributed by atoms with Crippen molar-refractivity contribution in [3.63, 3.8) is 0 Å². The number of rotatable bonds is 6. The molecule has 0 saturated heterocycles. The van der Waals surface area contributed by atoms with E-state index in [1.807, 2.05) is 12.1 Å². The molecule has 0 spiro atoms. The fraction of sp³-hybridized carbons (Fsp3) is 0.538. The SMILES string of the molecule is COc1cccc(C(C)(C)NCCCN)c1.